The highest BCUT2D eigenvalue weighted by Crippen LogP contribution is 2.34. The normalized spacial score (nSPS) is 16.6. The quantitative estimate of drug-likeness (QED) is 0.421. The second kappa shape index (κ2) is 8.86. The molecule has 12 heteroatoms. The number of benzene rings is 2. The maximum atomic E-state index is 14.8. The molecule has 0 saturated carbocycles. The van der Waals surface area contributed by atoms with Crippen molar-refractivity contribution in [2.75, 3.05) is 6.54 Å². The minimum Gasteiger partial charge on any atom is -0.381 e. The molecule has 0 radical (unpaired) electrons. The zero-order valence-corrected chi connectivity index (χ0v) is 18.6. The minimum absolute atomic E-state index is 0.0731. The topological polar surface area (TPSA) is 84.9 Å². The van der Waals surface area contributed by atoms with E-state index in [-0.39, 0.29) is 30.0 Å². The number of aromatic nitrogens is 6. The van der Waals surface area contributed by atoms with Crippen LogP contribution < -0.4 is 0 Å². The molecule has 2 aromatic heterocycles. The Kier molecular flexibility index (Phi) is 5.85. The summed E-state index contributed by atoms with van der Waals surface area (Å²) in [6, 6.07) is 5.54. The van der Waals surface area contributed by atoms with Gasteiger partial charge in [-0.1, -0.05) is 6.07 Å². The number of nitrogens with zero attached hydrogens (tertiary/aromatic N) is 7. The van der Waals surface area contributed by atoms with Crippen LogP contribution in [0.1, 0.15) is 18.3 Å². The monoisotopic (exact) mass is 487 g/mol. The summed E-state index contributed by atoms with van der Waals surface area (Å²) in [5.74, 6) is -2.48. The lowest BCUT2D eigenvalue weighted by atomic mass is 9.85. The maximum Gasteiger partial charge on any atom is 0.184 e. The van der Waals surface area contributed by atoms with Crippen molar-refractivity contribution >= 4 is 0 Å². The summed E-state index contributed by atoms with van der Waals surface area (Å²) in [6.45, 7) is 2.61. The Bertz CT molecular complexity index is 1360. The van der Waals surface area contributed by atoms with Crippen LogP contribution in [0, 0.1) is 23.3 Å². The van der Waals surface area contributed by atoms with Crippen LogP contribution in [0.4, 0.5) is 17.6 Å². The van der Waals surface area contributed by atoms with Gasteiger partial charge >= 0.3 is 0 Å². The van der Waals surface area contributed by atoms with E-state index in [9.17, 15) is 22.7 Å². The molecule has 0 fully saturated rings. The van der Waals surface area contributed by atoms with E-state index in [1.54, 1.807) is 11.6 Å². The summed E-state index contributed by atoms with van der Waals surface area (Å²) >= 11 is 0. The standard InChI is InChI=1S/C23H21F4N7O/c1-14(23(35,11-33-13-28-12-29-33)18-5-3-16(25)9-20(18)27)32-6-7-34-21(10-32)30-22(31-34)17-4-2-15(24)8-19(17)26/h2-5,8-9,12-14,35H,6-7,10-11H2,1H3/t14-,23-/m1/s1. The molecule has 1 aliphatic rings. The van der Waals surface area contributed by atoms with Gasteiger partial charge in [0.1, 0.15) is 47.3 Å². The highest BCUT2D eigenvalue weighted by atomic mass is 19.1. The predicted octanol–water partition coefficient (Wildman–Crippen LogP) is 2.89. The van der Waals surface area contributed by atoms with Crippen LogP contribution in [0.2, 0.25) is 0 Å². The number of aliphatic hydroxyl groups is 1. The van der Waals surface area contributed by atoms with Crippen molar-refractivity contribution in [3.05, 3.63) is 83.7 Å². The molecule has 0 spiro atoms. The van der Waals surface area contributed by atoms with Gasteiger partial charge in [-0.15, -0.1) is 0 Å². The second-order valence-electron chi connectivity index (χ2n) is 8.49. The van der Waals surface area contributed by atoms with Gasteiger partial charge in [0.2, 0.25) is 0 Å². The lowest BCUT2D eigenvalue weighted by Crippen LogP contribution is -2.53. The molecular formula is C23H21F4N7O. The molecule has 1 aliphatic heterocycles. The molecule has 2 atom stereocenters. The average molecular weight is 487 g/mol. The fourth-order valence-corrected chi connectivity index (χ4v) is 4.42. The predicted molar refractivity (Wildman–Crippen MR) is 116 cm³/mol. The first-order chi connectivity index (χ1) is 16.7. The van der Waals surface area contributed by atoms with Crippen molar-refractivity contribution < 1.29 is 22.7 Å². The SMILES string of the molecule is C[C@@H](N1CCn2nc(-c3ccc(F)cc3F)nc2C1)[C@](O)(Cn1cncn1)c1ccc(F)cc1F. The summed E-state index contributed by atoms with van der Waals surface area (Å²) in [6.07, 6.45) is 2.70. The van der Waals surface area contributed by atoms with Crippen molar-refractivity contribution in [2.45, 2.75) is 38.2 Å². The molecule has 2 aromatic carbocycles. The Morgan fingerprint density at radius 3 is 2.46 bits per heavy atom. The molecule has 0 saturated heterocycles. The van der Waals surface area contributed by atoms with Gasteiger partial charge in [0, 0.05) is 30.3 Å². The highest BCUT2D eigenvalue weighted by Gasteiger charge is 2.43. The summed E-state index contributed by atoms with van der Waals surface area (Å²) in [4.78, 5) is 10.2. The second-order valence-corrected chi connectivity index (χ2v) is 8.49. The smallest absolute Gasteiger partial charge is 0.184 e. The maximum absolute atomic E-state index is 14.8. The zero-order valence-electron chi connectivity index (χ0n) is 18.6. The van der Waals surface area contributed by atoms with Gasteiger partial charge in [0.15, 0.2) is 5.82 Å². The number of halogens is 4. The third-order valence-corrected chi connectivity index (χ3v) is 6.37. The summed E-state index contributed by atoms with van der Waals surface area (Å²) in [7, 11) is 0. The van der Waals surface area contributed by atoms with Crippen LogP contribution in [0.25, 0.3) is 11.4 Å². The van der Waals surface area contributed by atoms with E-state index in [0.29, 0.717) is 18.9 Å². The van der Waals surface area contributed by atoms with E-state index in [0.717, 1.165) is 24.3 Å². The van der Waals surface area contributed by atoms with Crippen LogP contribution in [0.15, 0.2) is 49.1 Å². The fraction of sp³-hybridized carbons (Fsp3) is 0.304. The lowest BCUT2D eigenvalue weighted by molar-refractivity contribution is -0.0714. The first kappa shape index (κ1) is 23.1. The summed E-state index contributed by atoms with van der Waals surface area (Å²) in [5, 5.41) is 20.2. The van der Waals surface area contributed by atoms with E-state index in [2.05, 4.69) is 20.2 Å². The number of fused-ring (bicyclic) bond motifs is 1. The van der Waals surface area contributed by atoms with Gasteiger partial charge in [0.25, 0.3) is 0 Å². The number of hydrogen-bond donors (Lipinski definition) is 1. The molecule has 182 valence electrons. The van der Waals surface area contributed by atoms with Crippen LogP contribution in [-0.4, -0.2) is 52.1 Å². The molecule has 8 nitrogen and oxygen atoms in total. The molecule has 1 N–H and O–H groups in total. The molecular weight excluding hydrogens is 466 g/mol. The summed E-state index contributed by atoms with van der Waals surface area (Å²) < 4.78 is 59.0. The largest absolute Gasteiger partial charge is 0.381 e. The first-order valence-corrected chi connectivity index (χ1v) is 10.9. The van der Waals surface area contributed by atoms with Gasteiger partial charge in [-0.25, -0.2) is 36.9 Å². The minimum atomic E-state index is -1.81. The molecule has 4 aromatic rings. The molecule has 35 heavy (non-hydrogen) atoms. The Hall–Kier alpha value is -3.64. The molecule has 0 amide bonds. The molecule has 3 heterocycles. The molecule has 0 aliphatic carbocycles. The van der Waals surface area contributed by atoms with Crippen molar-refractivity contribution in [3.8, 4) is 11.4 Å². The Balaban J connectivity index is 1.46. The van der Waals surface area contributed by atoms with Crippen LogP contribution >= 0.6 is 0 Å². The van der Waals surface area contributed by atoms with Crippen molar-refractivity contribution in [2.24, 2.45) is 0 Å². The third-order valence-electron chi connectivity index (χ3n) is 6.37. The third kappa shape index (κ3) is 4.30. The van der Waals surface area contributed by atoms with E-state index in [1.165, 1.54) is 29.5 Å². The van der Waals surface area contributed by atoms with E-state index in [1.807, 2.05) is 4.90 Å². The zero-order chi connectivity index (χ0) is 24.7. The van der Waals surface area contributed by atoms with Crippen LogP contribution in [0.3, 0.4) is 0 Å². The van der Waals surface area contributed by atoms with Gasteiger partial charge in [-0.3, -0.25) is 4.90 Å². The van der Waals surface area contributed by atoms with Crippen molar-refractivity contribution in [3.63, 3.8) is 0 Å². The van der Waals surface area contributed by atoms with Crippen molar-refractivity contribution in [1.29, 1.82) is 0 Å². The average Bonchev–Trinajstić information content (AvgIpc) is 3.47. The van der Waals surface area contributed by atoms with Gasteiger partial charge in [-0.2, -0.15) is 10.2 Å². The highest BCUT2D eigenvalue weighted by molar-refractivity contribution is 5.55. The van der Waals surface area contributed by atoms with Gasteiger partial charge in [-0.05, 0) is 25.1 Å². The van der Waals surface area contributed by atoms with E-state index < -0.39 is 34.9 Å². The molecule has 5 rings (SSSR count). The van der Waals surface area contributed by atoms with E-state index in [4.69, 9.17) is 0 Å². The fourth-order valence-electron chi connectivity index (χ4n) is 4.42. The molecule has 0 bridgehead atoms. The molecule has 0 unspecified atom stereocenters. The Morgan fingerprint density at radius 1 is 1.03 bits per heavy atom. The van der Waals surface area contributed by atoms with Gasteiger partial charge < -0.3 is 5.11 Å². The lowest BCUT2D eigenvalue weighted by Gasteiger charge is -2.42. The Morgan fingerprint density at radius 2 is 1.77 bits per heavy atom. The van der Waals surface area contributed by atoms with Crippen LogP contribution in [0.5, 0.6) is 0 Å². The van der Waals surface area contributed by atoms with E-state index >= 15 is 0 Å². The number of hydrogen-bond acceptors (Lipinski definition) is 6. The van der Waals surface area contributed by atoms with Crippen LogP contribution in [-0.2, 0) is 25.2 Å². The summed E-state index contributed by atoms with van der Waals surface area (Å²) in [5.41, 5.74) is -1.81. The van der Waals surface area contributed by atoms with Gasteiger partial charge in [0.05, 0.1) is 25.2 Å². The number of rotatable bonds is 6. The van der Waals surface area contributed by atoms with Crippen molar-refractivity contribution in [1.82, 2.24) is 34.4 Å². The Labute approximate surface area is 197 Å². The first-order valence-electron chi connectivity index (χ1n) is 10.9.